The lowest BCUT2D eigenvalue weighted by molar-refractivity contribution is -0.148. The Morgan fingerprint density at radius 1 is 1.00 bits per heavy atom. The molecule has 8 heteroatoms. The second-order valence-corrected chi connectivity index (χ2v) is 8.99. The van der Waals surface area contributed by atoms with Gasteiger partial charge in [0.05, 0.1) is 17.9 Å². The van der Waals surface area contributed by atoms with E-state index in [0.29, 0.717) is 38.4 Å². The van der Waals surface area contributed by atoms with Crippen molar-refractivity contribution in [3.63, 3.8) is 0 Å². The summed E-state index contributed by atoms with van der Waals surface area (Å²) in [5, 5.41) is 4.60. The van der Waals surface area contributed by atoms with Gasteiger partial charge in [-0.1, -0.05) is 42.0 Å². The molecular weight excluding hydrogens is 459 g/mol. The minimum absolute atomic E-state index is 0.261. The van der Waals surface area contributed by atoms with Gasteiger partial charge in [-0.2, -0.15) is 5.10 Å². The quantitative estimate of drug-likeness (QED) is 0.371. The highest BCUT2D eigenvalue weighted by atomic mass is 19.1. The molecule has 2 heterocycles. The summed E-state index contributed by atoms with van der Waals surface area (Å²) in [4.78, 5) is 28.3. The number of aromatic nitrogens is 2. The van der Waals surface area contributed by atoms with E-state index in [2.05, 4.69) is 36.3 Å². The molecule has 1 amide bonds. The molecule has 1 aliphatic rings. The van der Waals surface area contributed by atoms with Crippen molar-refractivity contribution >= 4 is 23.6 Å². The van der Waals surface area contributed by atoms with Crippen LogP contribution in [0, 0.1) is 26.6 Å². The third kappa shape index (κ3) is 6.00. The van der Waals surface area contributed by atoms with Gasteiger partial charge in [0.15, 0.2) is 6.61 Å². The molecule has 0 radical (unpaired) electrons. The van der Waals surface area contributed by atoms with Crippen LogP contribution < -0.4 is 4.90 Å². The zero-order valence-electron chi connectivity index (χ0n) is 20.9. The predicted molar refractivity (Wildman–Crippen MR) is 137 cm³/mol. The zero-order valence-corrected chi connectivity index (χ0v) is 20.9. The molecule has 0 bridgehead atoms. The summed E-state index contributed by atoms with van der Waals surface area (Å²) in [7, 11) is 0. The molecule has 1 aliphatic heterocycles. The number of rotatable bonds is 7. The topological polar surface area (TPSA) is 67.7 Å². The minimum Gasteiger partial charge on any atom is -0.452 e. The van der Waals surface area contributed by atoms with E-state index in [1.165, 1.54) is 17.7 Å². The molecule has 2 aromatic carbocycles. The number of nitrogens with zero attached hydrogens (tertiary/aromatic N) is 4. The lowest BCUT2D eigenvalue weighted by Crippen LogP contribution is -2.50. The Labute approximate surface area is 210 Å². The monoisotopic (exact) mass is 490 g/mol. The Balaban J connectivity index is 1.27. The zero-order chi connectivity index (χ0) is 25.7. The van der Waals surface area contributed by atoms with Crippen LogP contribution in [0.5, 0.6) is 0 Å². The van der Waals surface area contributed by atoms with E-state index in [4.69, 9.17) is 4.74 Å². The molecule has 1 fully saturated rings. The number of anilines is 1. The Kier molecular flexibility index (Phi) is 7.83. The van der Waals surface area contributed by atoms with Crippen LogP contribution in [0.3, 0.4) is 0 Å². The van der Waals surface area contributed by atoms with Crippen LogP contribution in [0.25, 0.3) is 6.08 Å². The highest BCUT2D eigenvalue weighted by Gasteiger charge is 2.23. The molecule has 3 aromatic rings. The van der Waals surface area contributed by atoms with E-state index >= 15 is 0 Å². The molecular formula is C28H31FN4O3. The smallest absolute Gasteiger partial charge is 0.331 e. The van der Waals surface area contributed by atoms with Crippen LogP contribution in [-0.2, 0) is 20.9 Å². The summed E-state index contributed by atoms with van der Waals surface area (Å²) in [6.07, 6.45) is 3.01. The minimum atomic E-state index is -0.585. The van der Waals surface area contributed by atoms with Gasteiger partial charge < -0.3 is 14.5 Å². The molecule has 0 atom stereocenters. The lowest BCUT2D eigenvalue weighted by Gasteiger charge is -2.36. The van der Waals surface area contributed by atoms with Crippen molar-refractivity contribution in [2.45, 2.75) is 27.3 Å². The first-order chi connectivity index (χ1) is 17.3. The van der Waals surface area contributed by atoms with Crippen molar-refractivity contribution in [3.05, 3.63) is 88.5 Å². The number of hydrogen-bond donors (Lipinski definition) is 0. The van der Waals surface area contributed by atoms with Gasteiger partial charge >= 0.3 is 5.97 Å². The third-order valence-corrected chi connectivity index (χ3v) is 6.44. The second-order valence-electron chi connectivity index (χ2n) is 8.99. The number of carbonyl (C=O) groups excluding carboxylic acids is 2. The highest BCUT2D eigenvalue weighted by Crippen LogP contribution is 2.20. The molecule has 0 aliphatic carbocycles. The first kappa shape index (κ1) is 25.2. The molecule has 0 spiro atoms. The van der Waals surface area contributed by atoms with Gasteiger partial charge in [-0.3, -0.25) is 9.48 Å². The van der Waals surface area contributed by atoms with Gasteiger partial charge in [0, 0.05) is 43.5 Å². The van der Waals surface area contributed by atoms with Crippen LogP contribution in [0.1, 0.15) is 28.1 Å². The number of aryl methyl sites for hydroxylation is 2. The molecule has 36 heavy (non-hydrogen) atoms. The molecule has 4 rings (SSSR count). The molecule has 1 aromatic heterocycles. The number of carbonyl (C=O) groups is 2. The van der Waals surface area contributed by atoms with E-state index < -0.39 is 5.97 Å². The van der Waals surface area contributed by atoms with E-state index in [0.717, 1.165) is 22.5 Å². The second kappa shape index (κ2) is 11.2. The van der Waals surface area contributed by atoms with Gasteiger partial charge in [0.1, 0.15) is 5.82 Å². The van der Waals surface area contributed by atoms with Crippen LogP contribution in [-0.4, -0.2) is 59.3 Å². The first-order valence-electron chi connectivity index (χ1n) is 12.0. The molecule has 0 N–H and O–H groups in total. The number of esters is 1. The summed E-state index contributed by atoms with van der Waals surface area (Å²) >= 11 is 0. The van der Waals surface area contributed by atoms with Crippen LogP contribution in [0.15, 0.2) is 54.6 Å². The Morgan fingerprint density at radius 3 is 2.39 bits per heavy atom. The summed E-state index contributed by atoms with van der Waals surface area (Å²) in [5.74, 6) is -1.12. The number of benzene rings is 2. The average Bonchev–Trinajstić information content (AvgIpc) is 3.14. The fraction of sp³-hybridized carbons (Fsp3) is 0.321. The normalized spacial score (nSPS) is 13.9. The number of piperazine rings is 1. The van der Waals surface area contributed by atoms with E-state index in [1.807, 2.05) is 23.4 Å². The summed E-state index contributed by atoms with van der Waals surface area (Å²) < 4.78 is 21.1. The fourth-order valence-electron chi connectivity index (χ4n) is 4.30. The maximum atomic E-state index is 14.0. The Bertz CT molecular complexity index is 1260. The Morgan fingerprint density at radius 2 is 1.69 bits per heavy atom. The van der Waals surface area contributed by atoms with Crippen molar-refractivity contribution < 1.29 is 18.7 Å². The van der Waals surface area contributed by atoms with Gasteiger partial charge in [0.2, 0.25) is 0 Å². The maximum Gasteiger partial charge on any atom is 0.331 e. The number of hydrogen-bond acceptors (Lipinski definition) is 5. The van der Waals surface area contributed by atoms with E-state index in [-0.39, 0.29) is 18.3 Å². The van der Waals surface area contributed by atoms with Gasteiger partial charge in [-0.05, 0) is 44.5 Å². The summed E-state index contributed by atoms with van der Waals surface area (Å²) in [6.45, 7) is 8.15. The maximum absolute atomic E-state index is 14.0. The number of halogens is 1. The van der Waals surface area contributed by atoms with Crippen molar-refractivity contribution in [1.29, 1.82) is 0 Å². The Hall–Kier alpha value is -3.94. The molecule has 0 saturated carbocycles. The standard InChI is InChI=1S/C28H31FN4O3/c1-20-8-10-23(11-9-20)18-33-22(3)24(21(2)30-33)12-13-28(35)36-19-27(34)32-16-14-31(15-17-32)26-7-5-4-6-25(26)29/h4-13H,14-19H2,1-3H3/b13-12+. The fourth-order valence-corrected chi connectivity index (χ4v) is 4.30. The van der Waals surface area contributed by atoms with Gasteiger partial charge in [-0.25, -0.2) is 9.18 Å². The largest absolute Gasteiger partial charge is 0.452 e. The molecule has 0 unspecified atom stereocenters. The average molecular weight is 491 g/mol. The van der Waals surface area contributed by atoms with Gasteiger partial charge in [0.25, 0.3) is 5.91 Å². The van der Waals surface area contributed by atoms with Crippen molar-refractivity contribution in [2.24, 2.45) is 0 Å². The summed E-state index contributed by atoms with van der Waals surface area (Å²) in [5.41, 5.74) is 5.50. The lowest BCUT2D eigenvalue weighted by atomic mass is 10.1. The SMILES string of the molecule is Cc1ccc(Cn2nc(C)c(/C=C/C(=O)OCC(=O)N3CCN(c4ccccc4F)CC3)c2C)cc1. The van der Waals surface area contributed by atoms with E-state index in [1.54, 1.807) is 29.2 Å². The van der Waals surface area contributed by atoms with Crippen LogP contribution in [0.2, 0.25) is 0 Å². The summed E-state index contributed by atoms with van der Waals surface area (Å²) in [6, 6.07) is 14.9. The number of amides is 1. The van der Waals surface area contributed by atoms with Crippen molar-refractivity contribution in [2.75, 3.05) is 37.7 Å². The molecule has 1 saturated heterocycles. The predicted octanol–water partition coefficient (Wildman–Crippen LogP) is 3.90. The van der Waals surface area contributed by atoms with Crippen LogP contribution in [0.4, 0.5) is 10.1 Å². The molecule has 188 valence electrons. The van der Waals surface area contributed by atoms with Gasteiger partial charge in [-0.15, -0.1) is 0 Å². The van der Waals surface area contributed by atoms with Crippen molar-refractivity contribution in [1.82, 2.24) is 14.7 Å². The van der Waals surface area contributed by atoms with E-state index in [9.17, 15) is 14.0 Å². The van der Waals surface area contributed by atoms with Crippen molar-refractivity contribution in [3.8, 4) is 0 Å². The van der Waals surface area contributed by atoms with Crippen LogP contribution >= 0.6 is 0 Å². The third-order valence-electron chi connectivity index (χ3n) is 6.44. The molecule has 7 nitrogen and oxygen atoms in total. The first-order valence-corrected chi connectivity index (χ1v) is 12.0. The highest BCUT2D eigenvalue weighted by molar-refractivity contribution is 5.89. The number of ether oxygens (including phenoxy) is 1. The number of para-hydroxylation sites is 1.